The van der Waals surface area contributed by atoms with Gasteiger partial charge in [0.2, 0.25) is 0 Å². The van der Waals surface area contributed by atoms with Gasteiger partial charge in [-0.3, -0.25) is 19.8 Å². The summed E-state index contributed by atoms with van der Waals surface area (Å²) in [4.78, 5) is 36.6. The number of nitro benzene ring substituents is 1. The molecule has 0 spiro atoms. The number of rotatable bonds is 4. The third-order valence-electron chi connectivity index (χ3n) is 4.16. The lowest BCUT2D eigenvalue weighted by Gasteiger charge is -2.22. The van der Waals surface area contributed by atoms with Crippen LogP contribution in [0.5, 0.6) is 0 Å². The van der Waals surface area contributed by atoms with E-state index in [4.69, 9.17) is 0 Å². The molecule has 0 saturated carbocycles. The molecule has 7 nitrogen and oxygen atoms in total. The third-order valence-corrected chi connectivity index (χ3v) is 4.65. The van der Waals surface area contributed by atoms with E-state index in [0.29, 0.717) is 5.56 Å². The number of non-ortho nitro benzene ring substituents is 1. The minimum absolute atomic E-state index is 0.0740. The van der Waals surface area contributed by atoms with E-state index in [9.17, 15) is 19.7 Å². The standard InChI is InChI=1S/C17H14BrN3O4/c1-17(12-5-7-14(8-6-12)21(24)25)15(22)20(16(23)19-17)10-11-3-2-4-13(18)9-11/h2-9H,10H2,1H3,(H,19,23). The number of benzene rings is 2. The van der Waals surface area contributed by atoms with Crippen LogP contribution in [-0.2, 0) is 16.9 Å². The van der Waals surface area contributed by atoms with Crippen LogP contribution in [0.15, 0.2) is 53.0 Å². The first kappa shape index (κ1) is 17.1. The molecule has 2 aromatic carbocycles. The van der Waals surface area contributed by atoms with Gasteiger partial charge in [-0.1, -0.05) is 28.1 Å². The normalized spacial score (nSPS) is 19.8. The van der Waals surface area contributed by atoms with Crippen molar-refractivity contribution in [2.75, 3.05) is 0 Å². The molecule has 3 rings (SSSR count). The molecule has 1 heterocycles. The van der Waals surface area contributed by atoms with Gasteiger partial charge in [-0.15, -0.1) is 0 Å². The Bertz CT molecular complexity index is 868. The summed E-state index contributed by atoms with van der Waals surface area (Å²) >= 11 is 3.36. The largest absolute Gasteiger partial charge is 0.325 e. The average molecular weight is 404 g/mol. The van der Waals surface area contributed by atoms with Crippen LogP contribution in [0.3, 0.4) is 0 Å². The Kier molecular flexibility index (Phi) is 4.30. The number of halogens is 1. The number of nitro groups is 1. The minimum atomic E-state index is -1.25. The molecule has 128 valence electrons. The van der Waals surface area contributed by atoms with Crippen molar-refractivity contribution in [1.82, 2.24) is 10.2 Å². The van der Waals surface area contributed by atoms with Crippen molar-refractivity contribution >= 4 is 33.6 Å². The second-order valence-corrected chi connectivity index (χ2v) is 6.80. The van der Waals surface area contributed by atoms with Gasteiger partial charge >= 0.3 is 6.03 Å². The van der Waals surface area contributed by atoms with Crippen LogP contribution in [0.4, 0.5) is 10.5 Å². The first-order valence-corrected chi connectivity index (χ1v) is 8.24. The fourth-order valence-corrected chi connectivity index (χ4v) is 3.22. The van der Waals surface area contributed by atoms with E-state index >= 15 is 0 Å². The Hall–Kier alpha value is -2.74. The van der Waals surface area contributed by atoms with Crippen molar-refractivity contribution in [3.8, 4) is 0 Å². The second-order valence-electron chi connectivity index (χ2n) is 5.88. The van der Waals surface area contributed by atoms with E-state index in [-0.39, 0.29) is 12.2 Å². The highest BCUT2D eigenvalue weighted by Crippen LogP contribution is 2.31. The molecule has 0 aliphatic carbocycles. The molecule has 1 aliphatic heterocycles. The van der Waals surface area contributed by atoms with Gasteiger partial charge in [-0.25, -0.2) is 4.79 Å². The molecule has 1 aliphatic rings. The summed E-state index contributed by atoms with van der Waals surface area (Å²) in [6.07, 6.45) is 0. The number of carbonyl (C=O) groups is 2. The maximum Gasteiger partial charge on any atom is 0.325 e. The molecule has 1 atom stereocenters. The van der Waals surface area contributed by atoms with Gasteiger partial charge in [0.15, 0.2) is 0 Å². The molecular formula is C17H14BrN3O4. The summed E-state index contributed by atoms with van der Waals surface area (Å²) in [6.45, 7) is 1.74. The monoisotopic (exact) mass is 403 g/mol. The molecule has 3 amide bonds. The number of nitrogens with zero attached hydrogens (tertiary/aromatic N) is 2. The van der Waals surface area contributed by atoms with Crippen molar-refractivity contribution in [2.45, 2.75) is 19.0 Å². The molecule has 1 fully saturated rings. The summed E-state index contributed by atoms with van der Waals surface area (Å²) in [7, 11) is 0. The topological polar surface area (TPSA) is 92.6 Å². The van der Waals surface area contributed by atoms with Crippen molar-refractivity contribution < 1.29 is 14.5 Å². The minimum Gasteiger partial charge on any atom is -0.319 e. The number of amides is 3. The SMILES string of the molecule is CC1(c2ccc([N+](=O)[O-])cc2)NC(=O)N(Cc2cccc(Br)c2)C1=O. The predicted molar refractivity (Wildman–Crippen MR) is 93.7 cm³/mol. The first-order chi connectivity index (χ1) is 11.8. The van der Waals surface area contributed by atoms with E-state index in [0.717, 1.165) is 14.9 Å². The van der Waals surface area contributed by atoms with E-state index in [1.54, 1.807) is 6.92 Å². The van der Waals surface area contributed by atoms with Crippen molar-refractivity contribution in [2.24, 2.45) is 0 Å². The Morgan fingerprint density at radius 2 is 1.88 bits per heavy atom. The molecular weight excluding hydrogens is 390 g/mol. The van der Waals surface area contributed by atoms with Gasteiger partial charge < -0.3 is 5.32 Å². The maximum absolute atomic E-state index is 12.8. The Morgan fingerprint density at radius 3 is 2.48 bits per heavy atom. The summed E-state index contributed by atoms with van der Waals surface area (Å²) < 4.78 is 0.857. The highest BCUT2D eigenvalue weighted by Gasteiger charge is 2.48. The van der Waals surface area contributed by atoms with Crippen molar-refractivity contribution in [3.05, 3.63) is 74.2 Å². The van der Waals surface area contributed by atoms with Crippen molar-refractivity contribution in [1.29, 1.82) is 0 Å². The van der Waals surface area contributed by atoms with Crippen LogP contribution in [0.1, 0.15) is 18.1 Å². The average Bonchev–Trinajstić information content (AvgIpc) is 2.79. The summed E-state index contributed by atoms with van der Waals surface area (Å²) in [5.41, 5.74) is -0.0211. The lowest BCUT2D eigenvalue weighted by Crippen LogP contribution is -2.40. The summed E-state index contributed by atoms with van der Waals surface area (Å²) in [5.74, 6) is -0.397. The van der Waals surface area contributed by atoms with Gasteiger partial charge in [-0.05, 0) is 42.3 Å². The zero-order chi connectivity index (χ0) is 18.2. The van der Waals surface area contributed by atoms with Crippen LogP contribution < -0.4 is 5.32 Å². The lowest BCUT2D eigenvalue weighted by atomic mass is 9.92. The van der Waals surface area contributed by atoms with Crippen LogP contribution in [0, 0.1) is 10.1 Å². The van der Waals surface area contributed by atoms with Gasteiger partial charge in [0.25, 0.3) is 11.6 Å². The highest BCUT2D eigenvalue weighted by molar-refractivity contribution is 9.10. The van der Waals surface area contributed by atoms with E-state index < -0.39 is 22.4 Å². The van der Waals surface area contributed by atoms with Gasteiger partial charge in [0, 0.05) is 16.6 Å². The highest BCUT2D eigenvalue weighted by atomic mass is 79.9. The van der Waals surface area contributed by atoms with E-state index in [1.807, 2.05) is 24.3 Å². The van der Waals surface area contributed by atoms with Gasteiger partial charge in [-0.2, -0.15) is 0 Å². The molecule has 0 radical (unpaired) electrons. The van der Waals surface area contributed by atoms with E-state index in [2.05, 4.69) is 21.2 Å². The Labute approximate surface area is 151 Å². The van der Waals surface area contributed by atoms with Crippen LogP contribution in [0.25, 0.3) is 0 Å². The number of hydrogen-bond donors (Lipinski definition) is 1. The number of urea groups is 1. The quantitative estimate of drug-likeness (QED) is 0.481. The van der Waals surface area contributed by atoms with Gasteiger partial charge in [0.05, 0.1) is 11.5 Å². The molecule has 8 heteroatoms. The van der Waals surface area contributed by atoms with Crippen LogP contribution >= 0.6 is 15.9 Å². The number of imide groups is 1. The third kappa shape index (κ3) is 3.12. The molecule has 1 unspecified atom stereocenters. The zero-order valence-corrected chi connectivity index (χ0v) is 14.8. The Balaban J connectivity index is 1.87. The number of hydrogen-bond acceptors (Lipinski definition) is 4. The first-order valence-electron chi connectivity index (χ1n) is 7.45. The maximum atomic E-state index is 12.8. The fourth-order valence-electron chi connectivity index (χ4n) is 2.77. The van der Waals surface area contributed by atoms with Crippen LogP contribution in [0.2, 0.25) is 0 Å². The molecule has 1 saturated heterocycles. The molecule has 0 aromatic heterocycles. The predicted octanol–water partition coefficient (Wildman–Crippen LogP) is 3.32. The molecule has 1 N–H and O–H groups in total. The lowest BCUT2D eigenvalue weighted by molar-refractivity contribution is -0.384. The summed E-state index contributed by atoms with van der Waals surface area (Å²) in [6, 6.07) is 12.5. The van der Waals surface area contributed by atoms with Crippen molar-refractivity contribution in [3.63, 3.8) is 0 Å². The van der Waals surface area contributed by atoms with Gasteiger partial charge in [0.1, 0.15) is 5.54 Å². The molecule has 0 bridgehead atoms. The smallest absolute Gasteiger partial charge is 0.319 e. The molecule has 25 heavy (non-hydrogen) atoms. The summed E-state index contributed by atoms with van der Waals surface area (Å²) in [5, 5.41) is 13.5. The molecule has 2 aromatic rings. The second kappa shape index (κ2) is 6.29. The fraction of sp³-hybridized carbons (Fsp3) is 0.176. The zero-order valence-electron chi connectivity index (χ0n) is 13.2. The van der Waals surface area contributed by atoms with E-state index in [1.165, 1.54) is 24.3 Å². The number of carbonyl (C=O) groups excluding carboxylic acids is 2. The van der Waals surface area contributed by atoms with Crippen LogP contribution in [-0.4, -0.2) is 21.8 Å². The number of nitrogens with one attached hydrogen (secondary N) is 1. The Morgan fingerprint density at radius 1 is 1.20 bits per heavy atom.